The maximum Gasteiger partial charge on any atom is 0.244 e. The Hall–Kier alpha value is -1.14. The lowest BCUT2D eigenvalue weighted by molar-refractivity contribution is 0.202. The summed E-state index contributed by atoms with van der Waals surface area (Å²) in [6.45, 7) is 4.64. The van der Waals surface area contributed by atoms with Gasteiger partial charge in [0.25, 0.3) is 0 Å². The molecule has 0 aromatic carbocycles. The second-order valence-electron chi connectivity index (χ2n) is 4.89. The summed E-state index contributed by atoms with van der Waals surface area (Å²) in [5, 5.41) is 0. The number of aromatic nitrogens is 1. The van der Waals surface area contributed by atoms with E-state index in [4.69, 9.17) is 5.73 Å². The lowest BCUT2D eigenvalue weighted by Gasteiger charge is -2.36. The van der Waals surface area contributed by atoms with Crippen LogP contribution in [0.3, 0.4) is 0 Å². The molecule has 0 aliphatic carbocycles. The van der Waals surface area contributed by atoms with E-state index in [1.807, 2.05) is 6.92 Å². The molecule has 1 aromatic rings. The molecule has 1 aliphatic heterocycles. The van der Waals surface area contributed by atoms with Gasteiger partial charge in [0, 0.05) is 18.8 Å². The molecule has 100 valence electrons. The van der Waals surface area contributed by atoms with Gasteiger partial charge in [-0.15, -0.1) is 0 Å². The van der Waals surface area contributed by atoms with Crippen LogP contribution in [0.5, 0.6) is 0 Å². The van der Waals surface area contributed by atoms with Crippen molar-refractivity contribution in [2.45, 2.75) is 37.6 Å². The molecule has 0 amide bonds. The second kappa shape index (κ2) is 4.85. The Morgan fingerprint density at radius 3 is 2.72 bits per heavy atom. The summed E-state index contributed by atoms with van der Waals surface area (Å²) in [7, 11) is -3.45. The maximum atomic E-state index is 12.5. The molecule has 1 aliphatic rings. The number of nitrogens with two attached hydrogens (primary N) is 1. The first-order valence-corrected chi connectivity index (χ1v) is 7.60. The van der Waals surface area contributed by atoms with E-state index in [2.05, 4.69) is 11.9 Å². The van der Waals surface area contributed by atoms with Gasteiger partial charge in [-0.3, -0.25) is 0 Å². The zero-order chi connectivity index (χ0) is 13.3. The lowest BCUT2D eigenvalue weighted by Crippen LogP contribution is -2.45. The minimum absolute atomic E-state index is 0.0290. The van der Waals surface area contributed by atoms with Crippen LogP contribution in [0.25, 0.3) is 0 Å². The highest BCUT2D eigenvalue weighted by molar-refractivity contribution is 7.89. The summed E-state index contributed by atoms with van der Waals surface area (Å²) in [4.78, 5) is 4.08. The molecule has 0 saturated carbocycles. The smallest absolute Gasteiger partial charge is 0.244 e. The molecule has 6 heteroatoms. The third-order valence-corrected chi connectivity index (χ3v) is 5.65. The molecule has 18 heavy (non-hydrogen) atoms. The van der Waals surface area contributed by atoms with Crippen molar-refractivity contribution in [1.82, 2.24) is 9.29 Å². The van der Waals surface area contributed by atoms with Crippen molar-refractivity contribution < 1.29 is 8.42 Å². The van der Waals surface area contributed by atoms with Gasteiger partial charge in [0.2, 0.25) is 10.0 Å². The monoisotopic (exact) mass is 269 g/mol. The predicted molar refractivity (Wildman–Crippen MR) is 70.4 cm³/mol. The van der Waals surface area contributed by atoms with Crippen LogP contribution in [0, 0.1) is 5.92 Å². The normalized spacial score (nSPS) is 26.1. The summed E-state index contributed by atoms with van der Waals surface area (Å²) in [5.41, 5.74) is 5.48. The average Bonchev–Trinajstić information content (AvgIpc) is 2.33. The van der Waals surface area contributed by atoms with Crippen LogP contribution >= 0.6 is 0 Å². The van der Waals surface area contributed by atoms with E-state index in [0.717, 1.165) is 12.8 Å². The SMILES string of the molecule is CC1CCCN(S(=O)(=O)c2ccc(N)nc2)C1C. The molecule has 1 aromatic heterocycles. The number of piperidine rings is 1. The minimum Gasteiger partial charge on any atom is -0.384 e. The third kappa shape index (κ3) is 2.35. The molecule has 5 nitrogen and oxygen atoms in total. The molecular weight excluding hydrogens is 250 g/mol. The van der Waals surface area contributed by atoms with E-state index < -0.39 is 10.0 Å². The fraction of sp³-hybridized carbons (Fsp3) is 0.583. The molecule has 2 rings (SSSR count). The number of pyridine rings is 1. The summed E-state index contributed by atoms with van der Waals surface area (Å²) in [6, 6.07) is 3.07. The highest BCUT2D eigenvalue weighted by Gasteiger charge is 2.34. The van der Waals surface area contributed by atoms with Gasteiger partial charge in [-0.2, -0.15) is 4.31 Å². The van der Waals surface area contributed by atoms with Crippen molar-refractivity contribution in [3.63, 3.8) is 0 Å². The van der Waals surface area contributed by atoms with Gasteiger partial charge in [-0.25, -0.2) is 13.4 Å². The summed E-state index contributed by atoms with van der Waals surface area (Å²) in [6.07, 6.45) is 3.32. The van der Waals surface area contributed by atoms with E-state index in [1.54, 1.807) is 4.31 Å². The van der Waals surface area contributed by atoms with Crippen molar-refractivity contribution in [3.8, 4) is 0 Å². The van der Waals surface area contributed by atoms with Gasteiger partial charge in [-0.05, 0) is 37.8 Å². The molecular formula is C12H19N3O2S. The molecule has 0 spiro atoms. The number of hydrogen-bond acceptors (Lipinski definition) is 4. The minimum atomic E-state index is -3.45. The fourth-order valence-corrected chi connectivity index (χ4v) is 4.03. The largest absolute Gasteiger partial charge is 0.384 e. The molecule has 2 heterocycles. The topological polar surface area (TPSA) is 76.3 Å². The highest BCUT2D eigenvalue weighted by atomic mass is 32.2. The number of hydrogen-bond donors (Lipinski definition) is 1. The van der Waals surface area contributed by atoms with Crippen LogP contribution < -0.4 is 5.73 Å². The van der Waals surface area contributed by atoms with Gasteiger partial charge < -0.3 is 5.73 Å². The number of nitrogen functional groups attached to an aromatic ring is 1. The maximum absolute atomic E-state index is 12.5. The van der Waals surface area contributed by atoms with Crippen LogP contribution in [0.4, 0.5) is 5.82 Å². The average molecular weight is 269 g/mol. The zero-order valence-corrected chi connectivity index (χ0v) is 11.5. The van der Waals surface area contributed by atoms with E-state index in [-0.39, 0.29) is 10.9 Å². The van der Waals surface area contributed by atoms with E-state index in [1.165, 1.54) is 18.3 Å². The van der Waals surface area contributed by atoms with Gasteiger partial charge >= 0.3 is 0 Å². The van der Waals surface area contributed by atoms with Gasteiger partial charge in [0.15, 0.2) is 0 Å². The van der Waals surface area contributed by atoms with Gasteiger partial charge in [0.05, 0.1) is 0 Å². The van der Waals surface area contributed by atoms with Crippen molar-refractivity contribution in [2.24, 2.45) is 5.92 Å². The Morgan fingerprint density at radius 1 is 1.39 bits per heavy atom. The standard InChI is InChI=1S/C12H19N3O2S/c1-9-4-3-7-15(10(9)2)18(16,17)11-5-6-12(13)14-8-11/h5-6,8-10H,3-4,7H2,1-2H3,(H2,13,14). The summed E-state index contributed by atoms with van der Waals surface area (Å²) >= 11 is 0. The van der Waals surface area contributed by atoms with Gasteiger partial charge in [-0.1, -0.05) is 6.92 Å². The Bertz CT molecular complexity index is 513. The van der Waals surface area contributed by atoms with Crippen LogP contribution in [0.1, 0.15) is 26.7 Å². The molecule has 2 unspecified atom stereocenters. The summed E-state index contributed by atoms with van der Waals surface area (Å²) in [5.74, 6) is 0.712. The second-order valence-corrected chi connectivity index (χ2v) is 6.79. The number of nitrogens with zero attached hydrogens (tertiary/aromatic N) is 2. The number of sulfonamides is 1. The van der Waals surface area contributed by atoms with Crippen molar-refractivity contribution in [2.75, 3.05) is 12.3 Å². The Labute approximate surface area is 108 Å². The van der Waals surface area contributed by atoms with Crippen molar-refractivity contribution in [1.29, 1.82) is 0 Å². The molecule has 0 radical (unpaired) electrons. The summed E-state index contributed by atoms with van der Waals surface area (Å²) < 4.78 is 26.6. The fourth-order valence-electron chi connectivity index (χ4n) is 2.32. The van der Waals surface area contributed by atoms with Crippen LogP contribution in [0.2, 0.25) is 0 Å². The van der Waals surface area contributed by atoms with Crippen molar-refractivity contribution >= 4 is 15.8 Å². The lowest BCUT2D eigenvalue weighted by atomic mass is 9.94. The predicted octanol–water partition coefficient (Wildman–Crippen LogP) is 1.47. The first-order valence-electron chi connectivity index (χ1n) is 6.16. The van der Waals surface area contributed by atoms with Crippen LogP contribution in [-0.2, 0) is 10.0 Å². The van der Waals surface area contributed by atoms with E-state index in [0.29, 0.717) is 18.3 Å². The van der Waals surface area contributed by atoms with Crippen LogP contribution in [-0.4, -0.2) is 30.3 Å². The van der Waals surface area contributed by atoms with Crippen LogP contribution in [0.15, 0.2) is 23.2 Å². The van der Waals surface area contributed by atoms with E-state index in [9.17, 15) is 8.42 Å². The Balaban J connectivity index is 2.33. The van der Waals surface area contributed by atoms with Crippen molar-refractivity contribution in [3.05, 3.63) is 18.3 Å². The molecule has 1 saturated heterocycles. The quantitative estimate of drug-likeness (QED) is 0.882. The first-order chi connectivity index (χ1) is 8.43. The number of rotatable bonds is 2. The van der Waals surface area contributed by atoms with E-state index >= 15 is 0 Å². The third-order valence-electron chi connectivity index (χ3n) is 3.68. The molecule has 0 bridgehead atoms. The molecule has 2 N–H and O–H groups in total. The highest BCUT2D eigenvalue weighted by Crippen LogP contribution is 2.28. The Kier molecular flexibility index (Phi) is 3.59. The molecule has 2 atom stereocenters. The van der Waals surface area contributed by atoms with Gasteiger partial charge in [0.1, 0.15) is 10.7 Å². The zero-order valence-electron chi connectivity index (χ0n) is 10.7. The first kappa shape index (κ1) is 13.3. The number of anilines is 1. The molecule has 1 fully saturated rings. The Morgan fingerprint density at radius 2 is 2.11 bits per heavy atom.